The summed E-state index contributed by atoms with van der Waals surface area (Å²) in [5.41, 5.74) is 1.32. The quantitative estimate of drug-likeness (QED) is 0.827. The van der Waals surface area contributed by atoms with Crippen LogP contribution in [0.4, 0.5) is 0 Å². The number of amides is 1. The van der Waals surface area contributed by atoms with Crippen LogP contribution in [0.15, 0.2) is 30.3 Å². The second-order valence-corrected chi connectivity index (χ2v) is 7.16. The van der Waals surface area contributed by atoms with Crippen LogP contribution in [0.1, 0.15) is 63.0 Å². The number of nitrogens with one attached hydrogen (secondary N) is 1. The minimum Gasteiger partial charge on any atom is -0.354 e. The van der Waals surface area contributed by atoms with Crippen molar-refractivity contribution in [2.75, 3.05) is 19.6 Å². The number of benzene rings is 1. The van der Waals surface area contributed by atoms with Gasteiger partial charge in [0, 0.05) is 13.0 Å². The van der Waals surface area contributed by atoms with Crippen LogP contribution < -0.4 is 5.32 Å². The summed E-state index contributed by atoms with van der Waals surface area (Å²) in [5.74, 6) is 1.03. The van der Waals surface area contributed by atoms with Gasteiger partial charge >= 0.3 is 0 Å². The zero-order valence-corrected chi connectivity index (χ0v) is 14.2. The van der Waals surface area contributed by atoms with Crippen LogP contribution in [0.25, 0.3) is 0 Å². The molecule has 1 aromatic carbocycles. The monoisotopic (exact) mass is 314 g/mol. The minimum absolute atomic E-state index is 0.233. The molecule has 3 nitrogen and oxygen atoms in total. The van der Waals surface area contributed by atoms with Crippen LogP contribution >= 0.6 is 0 Å². The van der Waals surface area contributed by atoms with Gasteiger partial charge in [-0.15, -0.1) is 0 Å². The van der Waals surface area contributed by atoms with Crippen molar-refractivity contribution >= 4 is 5.91 Å². The van der Waals surface area contributed by atoms with Gasteiger partial charge in [0.25, 0.3) is 0 Å². The summed E-state index contributed by atoms with van der Waals surface area (Å²) in [6.07, 6.45) is 9.70. The summed E-state index contributed by atoms with van der Waals surface area (Å²) < 4.78 is 0. The first-order valence-corrected chi connectivity index (χ1v) is 9.38. The maximum absolute atomic E-state index is 12.2. The summed E-state index contributed by atoms with van der Waals surface area (Å²) >= 11 is 0. The van der Waals surface area contributed by atoms with E-state index < -0.39 is 0 Å². The van der Waals surface area contributed by atoms with Crippen molar-refractivity contribution in [2.45, 2.75) is 57.4 Å². The molecule has 1 saturated heterocycles. The molecule has 1 aliphatic carbocycles. The zero-order chi connectivity index (χ0) is 15.9. The molecule has 0 spiro atoms. The Balaban J connectivity index is 1.50. The molecule has 3 heteroatoms. The molecule has 1 heterocycles. The molecule has 2 fully saturated rings. The molecular formula is C20H30N2O. The first-order chi connectivity index (χ1) is 11.3. The van der Waals surface area contributed by atoms with Crippen LogP contribution in [0.3, 0.4) is 0 Å². The molecule has 0 radical (unpaired) electrons. The van der Waals surface area contributed by atoms with Gasteiger partial charge in [-0.25, -0.2) is 0 Å². The smallest absolute Gasteiger partial charge is 0.220 e. The number of hydrogen-bond donors (Lipinski definition) is 1. The fraction of sp³-hybridized carbons (Fsp3) is 0.650. The predicted octanol–water partition coefficient (Wildman–Crippen LogP) is 3.91. The van der Waals surface area contributed by atoms with Crippen molar-refractivity contribution in [3.8, 4) is 0 Å². The van der Waals surface area contributed by atoms with Gasteiger partial charge in [0.1, 0.15) is 0 Å². The lowest BCUT2D eigenvalue weighted by Crippen LogP contribution is -2.36. The van der Waals surface area contributed by atoms with Crippen LogP contribution in [0, 0.1) is 5.92 Å². The van der Waals surface area contributed by atoms with Gasteiger partial charge in [-0.05, 0) is 43.8 Å². The molecule has 2 aliphatic rings. The van der Waals surface area contributed by atoms with Gasteiger partial charge in [0.2, 0.25) is 5.91 Å². The van der Waals surface area contributed by atoms with E-state index in [0.717, 1.165) is 32.0 Å². The van der Waals surface area contributed by atoms with Gasteiger partial charge in [-0.3, -0.25) is 9.69 Å². The summed E-state index contributed by atoms with van der Waals surface area (Å²) in [6.45, 7) is 3.04. The maximum atomic E-state index is 12.2. The van der Waals surface area contributed by atoms with Gasteiger partial charge in [0.15, 0.2) is 0 Å². The Kier molecular flexibility index (Phi) is 6.09. The Morgan fingerprint density at radius 1 is 1.09 bits per heavy atom. The molecule has 126 valence electrons. The maximum Gasteiger partial charge on any atom is 0.220 e. The predicted molar refractivity (Wildman–Crippen MR) is 94.2 cm³/mol. The van der Waals surface area contributed by atoms with E-state index in [-0.39, 0.29) is 5.91 Å². The van der Waals surface area contributed by atoms with E-state index in [1.54, 1.807) is 0 Å². The van der Waals surface area contributed by atoms with Gasteiger partial charge in [-0.1, -0.05) is 56.0 Å². The first kappa shape index (κ1) is 16.5. The number of nitrogens with zero attached hydrogens (tertiary/aromatic N) is 1. The van der Waals surface area contributed by atoms with Crippen LogP contribution in [-0.2, 0) is 4.79 Å². The number of rotatable bonds is 7. The van der Waals surface area contributed by atoms with E-state index in [1.165, 1.54) is 44.1 Å². The van der Waals surface area contributed by atoms with E-state index in [4.69, 9.17) is 0 Å². The van der Waals surface area contributed by atoms with Crippen LogP contribution in [-0.4, -0.2) is 30.4 Å². The SMILES string of the molecule is O=C(CCC1CCCC1)NCC(c1ccccc1)N1CCCC1. The molecule has 3 rings (SSSR count). The average Bonchev–Trinajstić information content (AvgIpc) is 3.28. The Bertz CT molecular complexity index is 476. The summed E-state index contributed by atoms with van der Waals surface area (Å²) in [5, 5.41) is 3.20. The molecule has 1 atom stereocenters. The van der Waals surface area contributed by atoms with Crippen LogP contribution in [0.5, 0.6) is 0 Å². The fourth-order valence-electron chi connectivity index (χ4n) is 4.12. The topological polar surface area (TPSA) is 32.3 Å². The normalized spacial score (nSPS) is 20.7. The lowest BCUT2D eigenvalue weighted by Gasteiger charge is -2.28. The lowest BCUT2D eigenvalue weighted by molar-refractivity contribution is -0.121. The molecule has 1 aromatic rings. The molecule has 23 heavy (non-hydrogen) atoms. The third-order valence-corrected chi connectivity index (χ3v) is 5.51. The molecule has 1 N–H and O–H groups in total. The highest BCUT2D eigenvalue weighted by Gasteiger charge is 2.24. The molecule has 1 unspecified atom stereocenters. The van der Waals surface area contributed by atoms with Gasteiger partial charge in [0.05, 0.1) is 6.04 Å². The highest BCUT2D eigenvalue weighted by atomic mass is 16.1. The van der Waals surface area contributed by atoms with E-state index in [2.05, 4.69) is 40.5 Å². The van der Waals surface area contributed by atoms with Crippen molar-refractivity contribution in [1.29, 1.82) is 0 Å². The zero-order valence-electron chi connectivity index (χ0n) is 14.2. The highest BCUT2D eigenvalue weighted by molar-refractivity contribution is 5.75. The van der Waals surface area contributed by atoms with Gasteiger partial charge < -0.3 is 5.32 Å². The fourth-order valence-corrected chi connectivity index (χ4v) is 4.12. The highest BCUT2D eigenvalue weighted by Crippen LogP contribution is 2.28. The third kappa shape index (κ3) is 4.81. The number of carbonyl (C=O) groups excluding carboxylic acids is 1. The number of likely N-dealkylation sites (tertiary alicyclic amines) is 1. The largest absolute Gasteiger partial charge is 0.354 e. The summed E-state index contributed by atoms with van der Waals surface area (Å²) in [6, 6.07) is 11.0. The standard InChI is InChI=1S/C20H30N2O/c23-20(13-12-17-8-4-5-9-17)21-16-19(22-14-6-7-15-22)18-10-2-1-3-11-18/h1-3,10-11,17,19H,4-9,12-16H2,(H,21,23). The van der Waals surface area contributed by atoms with E-state index in [1.807, 2.05) is 0 Å². The minimum atomic E-state index is 0.233. The Morgan fingerprint density at radius 2 is 1.78 bits per heavy atom. The van der Waals surface area contributed by atoms with Gasteiger partial charge in [-0.2, -0.15) is 0 Å². The third-order valence-electron chi connectivity index (χ3n) is 5.51. The molecule has 1 amide bonds. The van der Waals surface area contributed by atoms with Crippen molar-refractivity contribution in [2.24, 2.45) is 5.92 Å². The molecule has 1 aliphatic heterocycles. The number of carbonyl (C=O) groups is 1. The van der Waals surface area contributed by atoms with E-state index in [9.17, 15) is 4.79 Å². The first-order valence-electron chi connectivity index (χ1n) is 9.38. The summed E-state index contributed by atoms with van der Waals surface area (Å²) in [4.78, 5) is 14.7. The van der Waals surface area contributed by atoms with Crippen molar-refractivity contribution < 1.29 is 4.79 Å². The Labute approximate surface area is 140 Å². The molecule has 1 saturated carbocycles. The Morgan fingerprint density at radius 3 is 2.48 bits per heavy atom. The Hall–Kier alpha value is -1.35. The molecule has 0 aromatic heterocycles. The van der Waals surface area contributed by atoms with E-state index in [0.29, 0.717) is 12.5 Å². The second-order valence-electron chi connectivity index (χ2n) is 7.16. The number of hydrogen-bond acceptors (Lipinski definition) is 2. The lowest BCUT2D eigenvalue weighted by atomic mass is 10.0. The summed E-state index contributed by atoms with van der Waals surface area (Å²) in [7, 11) is 0. The molecule has 0 bridgehead atoms. The van der Waals surface area contributed by atoms with Crippen molar-refractivity contribution in [1.82, 2.24) is 10.2 Å². The van der Waals surface area contributed by atoms with E-state index >= 15 is 0 Å². The second kappa shape index (κ2) is 8.49. The average molecular weight is 314 g/mol. The molecular weight excluding hydrogens is 284 g/mol. The van der Waals surface area contributed by atoms with Crippen molar-refractivity contribution in [3.63, 3.8) is 0 Å². The van der Waals surface area contributed by atoms with Crippen LogP contribution in [0.2, 0.25) is 0 Å². The van der Waals surface area contributed by atoms with Crippen molar-refractivity contribution in [3.05, 3.63) is 35.9 Å².